The molecule has 5 heteroatoms. The molecule has 0 atom stereocenters. The summed E-state index contributed by atoms with van der Waals surface area (Å²) in [4.78, 5) is 0. The van der Waals surface area contributed by atoms with Crippen LogP contribution in [-0.2, 0) is 14.1 Å². The molecule has 0 amide bonds. The molecule has 0 spiro atoms. The molecular weight excluding hydrogens is 359 g/mol. The van der Waals surface area contributed by atoms with Crippen LogP contribution in [0.2, 0.25) is 4.35 Å². The molecule has 2 rings (SSSR count). The fourth-order valence-electron chi connectivity index (χ4n) is 1.75. The van der Waals surface area contributed by atoms with Crippen molar-refractivity contribution in [3.63, 3.8) is 0 Å². The first-order chi connectivity index (χ1) is 11.8. The van der Waals surface area contributed by atoms with Gasteiger partial charge in [-0.05, 0) is 0 Å². The number of benzene rings is 2. The van der Waals surface area contributed by atoms with Crippen LogP contribution in [0.15, 0.2) is 56.6 Å². The fourth-order valence-corrected chi connectivity index (χ4v) is 3.51. The molecule has 0 aliphatic carbocycles. The van der Waals surface area contributed by atoms with Gasteiger partial charge in [0.15, 0.2) is 0 Å². The second-order valence-electron chi connectivity index (χ2n) is 6.18. The van der Waals surface area contributed by atoms with Gasteiger partial charge in [-0.25, -0.2) is 0 Å². The number of rotatable bonds is 6. The molecule has 25 heavy (non-hydrogen) atoms. The molecule has 0 bridgehead atoms. The maximum atomic E-state index is 9.92. The van der Waals surface area contributed by atoms with Gasteiger partial charge in [0.1, 0.15) is 0 Å². The van der Waals surface area contributed by atoms with Crippen LogP contribution in [-0.4, -0.2) is 22.6 Å². The first-order valence-corrected chi connectivity index (χ1v) is 9.36. The Kier molecular flexibility index (Phi) is 6.39. The van der Waals surface area contributed by atoms with Gasteiger partial charge in [0.2, 0.25) is 0 Å². The van der Waals surface area contributed by atoms with E-state index in [1.807, 2.05) is 24.3 Å². The average Bonchev–Trinajstić information content (AvgIpc) is 2.57. The van der Waals surface area contributed by atoms with Gasteiger partial charge in [-0.15, -0.1) is 0 Å². The van der Waals surface area contributed by atoms with Crippen molar-refractivity contribution in [2.24, 2.45) is 8.08 Å². The van der Waals surface area contributed by atoms with Crippen LogP contribution in [0.25, 0.3) is 0 Å². The van der Waals surface area contributed by atoms with Crippen molar-refractivity contribution in [1.29, 1.82) is 0 Å². The van der Waals surface area contributed by atoms with Gasteiger partial charge < -0.3 is 0 Å². The Morgan fingerprint density at radius 2 is 1.24 bits per heavy atom. The van der Waals surface area contributed by atoms with E-state index >= 15 is 0 Å². The number of para-hydroxylation sites is 2. The first-order valence-electron chi connectivity index (χ1n) is 7.91. The zero-order valence-electron chi connectivity index (χ0n) is 14.9. The topological polar surface area (TPSA) is 65.2 Å². The second-order valence-corrected chi connectivity index (χ2v) is 8.69. The van der Waals surface area contributed by atoms with E-state index in [4.69, 9.17) is 0 Å². The van der Waals surface area contributed by atoms with Crippen LogP contribution < -0.4 is 0 Å². The van der Waals surface area contributed by atoms with Crippen molar-refractivity contribution >= 4 is 12.4 Å². The van der Waals surface area contributed by atoms with Crippen LogP contribution in [0, 0.1) is 5.92 Å². The summed E-state index contributed by atoms with van der Waals surface area (Å²) in [6.45, 7) is 8.36. The number of aromatic hydroxyl groups is 2. The zero-order chi connectivity index (χ0) is 18.4. The third kappa shape index (κ3) is 4.93. The number of phenols is 2. The van der Waals surface area contributed by atoms with Gasteiger partial charge in [0, 0.05) is 0 Å². The molecule has 0 heterocycles. The maximum absolute atomic E-state index is 9.92. The van der Waals surface area contributed by atoms with Crippen molar-refractivity contribution in [1.82, 2.24) is 0 Å². The SMILES string of the molecule is C[C](C)[C](C)(C)[Co]([N]=Cc1ccccc1O)[N]=Cc1ccccc1O. The van der Waals surface area contributed by atoms with Crippen molar-refractivity contribution in [3.8, 4) is 11.5 Å². The predicted molar refractivity (Wildman–Crippen MR) is 100 cm³/mol. The van der Waals surface area contributed by atoms with E-state index in [0.29, 0.717) is 11.1 Å². The molecule has 2 aromatic rings. The summed E-state index contributed by atoms with van der Waals surface area (Å²) in [5, 5.41) is 19.8. The molecule has 0 saturated carbocycles. The van der Waals surface area contributed by atoms with Crippen LogP contribution in [0.1, 0.15) is 38.8 Å². The molecule has 1 radical (unpaired) electrons. The van der Waals surface area contributed by atoms with Crippen molar-refractivity contribution in [2.75, 3.05) is 0 Å². The summed E-state index contributed by atoms with van der Waals surface area (Å²) >= 11 is -1.11. The number of hydrogen-bond acceptors (Lipinski definition) is 4. The number of nitrogens with zero attached hydrogens (tertiary/aromatic N) is 2. The minimum atomic E-state index is -1.11. The van der Waals surface area contributed by atoms with E-state index in [1.54, 1.807) is 36.7 Å². The van der Waals surface area contributed by atoms with Gasteiger partial charge in [0.05, 0.1) is 0 Å². The quantitative estimate of drug-likeness (QED) is 0.697. The van der Waals surface area contributed by atoms with Crippen molar-refractivity contribution in [3.05, 3.63) is 65.6 Å². The molecule has 0 unspecified atom stereocenters. The third-order valence-corrected chi connectivity index (χ3v) is 6.40. The molecule has 2 N–H and O–H groups in total. The molecule has 0 fully saturated rings. The summed E-state index contributed by atoms with van der Waals surface area (Å²) in [7, 11) is 0. The summed E-state index contributed by atoms with van der Waals surface area (Å²) in [5.41, 5.74) is 1.33. The Morgan fingerprint density at radius 1 is 0.840 bits per heavy atom. The Hall–Kier alpha value is -2.11. The normalized spacial score (nSPS) is 13.1. The Balaban J connectivity index is 2.34. The van der Waals surface area contributed by atoms with Gasteiger partial charge in [-0.3, -0.25) is 0 Å². The predicted octanol–water partition coefficient (Wildman–Crippen LogP) is 4.90. The molecule has 0 saturated heterocycles. The van der Waals surface area contributed by atoms with E-state index in [9.17, 15) is 10.2 Å². The molecule has 0 aliphatic rings. The van der Waals surface area contributed by atoms with Gasteiger partial charge in [0.25, 0.3) is 0 Å². The number of hydrogen-bond donors (Lipinski definition) is 2. The minimum absolute atomic E-state index is 0.195. The van der Waals surface area contributed by atoms with Crippen LogP contribution >= 0.6 is 0 Å². The van der Waals surface area contributed by atoms with Crippen LogP contribution in [0.4, 0.5) is 0 Å². The Morgan fingerprint density at radius 3 is 1.60 bits per heavy atom. The Bertz CT molecular complexity index is 714. The van der Waals surface area contributed by atoms with E-state index in [1.165, 1.54) is 5.92 Å². The standard InChI is InChI=1S/2C7H6NO.C6H12.Co/c2*8-5-6-3-1-2-4-7(6)9;1-5(2)6(3)4;/h2*1-5,9H;1-4H3;/q2*-1;;+2. The van der Waals surface area contributed by atoms with Gasteiger partial charge in [-0.1, -0.05) is 0 Å². The number of phenolic OH excluding ortho intramolecular Hbond substituents is 2. The van der Waals surface area contributed by atoms with Crippen LogP contribution in [0.5, 0.6) is 11.5 Å². The summed E-state index contributed by atoms with van der Waals surface area (Å²) in [6, 6.07) is 14.2. The second kappa shape index (κ2) is 8.31. The Labute approximate surface area is 154 Å². The molecule has 135 valence electrons. The zero-order valence-corrected chi connectivity index (χ0v) is 15.9. The first kappa shape index (κ1) is 19.2. The van der Waals surface area contributed by atoms with Crippen LogP contribution in [0.3, 0.4) is 0 Å². The van der Waals surface area contributed by atoms with E-state index < -0.39 is 14.1 Å². The molecule has 2 aromatic carbocycles. The van der Waals surface area contributed by atoms with Gasteiger partial charge >= 0.3 is 154 Å². The monoisotopic (exact) mass is 383 g/mol. The molecular formula is C20H24CoN2O2. The summed E-state index contributed by atoms with van der Waals surface area (Å²) < 4.78 is 9.13. The third-order valence-electron chi connectivity index (χ3n) is 3.94. The summed E-state index contributed by atoms with van der Waals surface area (Å²) in [6.07, 6.45) is 3.35. The van der Waals surface area contributed by atoms with Crippen molar-refractivity contribution in [2.45, 2.75) is 32.0 Å². The van der Waals surface area contributed by atoms with Crippen molar-refractivity contribution < 1.29 is 24.3 Å². The van der Waals surface area contributed by atoms with E-state index in [2.05, 4.69) is 35.8 Å². The van der Waals surface area contributed by atoms with E-state index in [0.717, 1.165) is 0 Å². The average molecular weight is 383 g/mol. The fraction of sp³-hybridized carbons (Fsp3) is 0.250. The molecule has 4 nitrogen and oxygen atoms in total. The van der Waals surface area contributed by atoms with Gasteiger partial charge in [-0.2, -0.15) is 0 Å². The van der Waals surface area contributed by atoms with E-state index in [-0.39, 0.29) is 15.8 Å². The summed E-state index contributed by atoms with van der Waals surface area (Å²) in [5.74, 6) is 1.61. The molecule has 0 aliphatic heterocycles. The molecule has 0 aromatic heterocycles.